The van der Waals surface area contributed by atoms with Gasteiger partial charge in [0.25, 0.3) is 0 Å². The summed E-state index contributed by atoms with van der Waals surface area (Å²) >= 11 is 3.33. The smallest absolute Gasteiger partial charge is 0.127 e. The molecule has 106 valence electrons. The fraction of sp³-hybridized carbons (Fsp3) is 0.250. The zero-order valence-electron chi connectivity index (χ0n) is 11.0. The van der Waals surface area contributed by atoms with Gasteiger partial charge in [-0.2, -0.15) is 0 Å². The molecule has 2 nitrogen and oxygen atoms in total. The summed E-state index contributed by atoms with van der Waals surface area (Å²) in [6.45, 7) is 0.411. The van der Waals surface area contributed by atoms with Crippen LogP contribution in [0.15, 0.2) is 53.0 Å². The van der Waals surface area contributed by atoms with Crippen LogP contribution in [-0.2, 0) is 13.0 Å². The second-order valence-electron chi connectivity index (χ2n) is 4.69. The second kappa shape index (κ2) is 7.53. The van der Waals surface area contributed by atoms with Crippen molar-refractivity contribution in [2.45, 2.75) is 19.0 Å². The van der Waals surface area contributed by atoms with Gasteiger partial charge in [0, 0.05) is 22.6 Å². The molecule has 0 saturated carbocycles. The van der Waals surface area contributed by atoms with E-state index >= 15 is 0 Å². The van der Waals surface area contributed by atoms with Crippen LogP contribution in [-0.4, -0.2) is 17.8 Å². The third-order valence-electron chi connectivity index (χ3n) is 3.13. The van der Waals surface area contributed by atoms with E-state index in [-0.39, 0.29) is 18.5 Å². The van der Waals surface area contributed by atoms with Gasteiger partial charge in [-0.15, -0.1) is 0 Å². The Hall–Kier alpha value is -1.23. The highest BCUT2D eigenvalue weighted by Gasteiger charge is 2.10. The molecule has 2 rings (SSSR count). The van der Waals surface area contributed by atoms with Crippen LogP contribution in [0.4, 0.5) is 4.39 Å². The van der Waals surface area contributed by atoms with E-state index in [9.17, 15) is 9.50 Å². The van der Waals surface area contributed by atoms with Crippen molar-refractivity contribution in [3.05, 3.63) is 69.9 Å². The highest BCUT2D eigenvalue weighted by Crippen LogP contribution is 2.15. The number of hydrogen-bond donors (Lipinski definition) is 2. The van der Waals surface area contributed by atoms with Gasteiger partial charge in [-0.25, -0.2) is 4.39 Å². The molecule has 0 aliphatic heterocycles. The van der Waals surface area contributed by atoms with Gasteiger partial charge in [0.2, 0.25) is 0 Å². The molecule has 4 heteroatoms. The predicted molar refractivity (Wildman–Crippen MR) is 82.0 cm³/mol. The number of halogens is 2. The van der Waals surface area contributed by atoms with Gasteiger partial charge in [-0.3, -0.25) is 0 Å². The first-order valence-corrected chi connectivity index (χ1v) is 7.30. The molecule has 20 heavy (non-hydrogen) atoms. The molecule has 2 aromatic carbocycles. The van der Waals surface area contributed by atoms with Crippen LogP contribution in [0.5, 0.6) is 0 Å². The first-order valence-electron chi connectivity index (χ1n) is 6.51. The van der Waals surface area contributed by atoms with E-state index in [1.807, 2.05) is 30.3 Å². The van der Waals surface area contributed by atoms with E-state index in [2.05, 4.69) is 21.2 Å². The SMILES string of the molecule is OCC(Cc1ccccc1)NCc1cc(Br)ccc1F. The molecule has 1 unspecified atom stereocenters. The Kier molecular flexibility index (Phi) is 5.71. The minimum atomic E-state index is -0.239. The van der Waals surface area contributed by atoms with E-state index in [4.69, 9.17) is 0 Å². The number of nitrogens with one attached hydrogen (secondary N) is 1. The quantitative estimate of drug-likeness (QED) is 0.847. The fourth-order valence-corrected chi connectivity index (χ4v) is 2.44. The molecule has 0 bridgehead atoms. The maximum atomic E-state index is 13.6. The Morgan fingerprint density at radius 1 is 1.15 bits per heavy atom. The number of aliphatic hydroxyl groups excluding tert-OH is 1. The average molecular weight is 338 g/mol. The maximum Gasteiger partial charge on any atom is 0.127 e. The lowest BCUT2D eigenvalue weighted by Crippen LogP contribution is -2.34. The molecule has 2 N–H and O–H groups in total. The summed E-state index contributed by atoms with van der Waals surface area (Å²) in [6, 6.07) is 14.7. The third-order valence-corrected chi connectivity index (χ3v) is 3.63. The van der Waals surface area contributed by atoms with Crippen molar-refractivity contribution in [1.29, 1.82) is 0 Å². The Balaban J connectivity index is 1.95. The zero-order valence-corrected chi connectivity index (χ0v) is 12.6. The normalized spacial score (nSPS) is 12.3. The molecular formula is C16H17BrFNO. The summed E-state index contributed by atoms with van der Waals surface area (Å²) in [5.41, 5.74) is 1.74. The van der Waals surface area contributed by atoms with E-state index in [1.54, 1.807) is 12.1 Å². The van der Waals surface area contributed by atoms with Crippen LogP contribution in [0.3, 0.4) is 0 Å². The van der Waals surface area contributed by atoms with Crippen molar-refractivity contribution < 1.29 is 9.50 Å². The summed E-state index contributed by atoms with van der Waals surface area (Å²) in [5.74, 6) is -0.239. The summed E-state index contributed by atoms with van der Waals surface area (Å²) in [7, 11) is 0. The highest BCUT2D eigenvalue weighted by atomic mass is 79.9. The molecular weight excluding hydrogens is 321 g/mol. The van der Waals surface area contributed by atoms with E-state index in [0.29, 0.717) is 18.5 Å². The van der Waals surface area contributed by atoms with Crippen molar-refractivity contribution in [2.75, 3.05) is 6.61 Å². The molecule has 0 radical (unpaired) electrons. The van der Waals surface area contributed by atoms with Crippen LogP contribution in [0.1, 0.15) is 11.1 Å². The van der Waals surface area contributed by atoms with E-state index < -0.39 is 0 Å². The van der Waals surface area contributed by atoms with Crippen molar-refractivity contribution in [3.63, 3.8) is 0 Å². The Labute approximate surface area is 126 Å². The van der Waals surface area contributed by atoms with Crippen molar-refractivity contribution in [2.24, 2.45) is 0 Å². The first kappa shape index (κ1) is 15.2. The molecule has 0 aliphatic carbocycles. The van der Waals surface area contributed by atoms with Gasteiger partial charge in [0.05, 0.1) is 6.61 Å². The fourth-order valence-electron chi connectivity index (χ4n) is 2.03. The van der Waals surface area contributed by atoms with E-state index in [1.165, 1.54) is 6.07 Å². The minimum absolute atomic E-state index is 0.0184. The van der Waals surface area contributed by atoms with Crippen LogP contribution in [0, 0.1) is 5.82 Å². The van der Waals surface area contributed by atoms with Gasteiger partial charge in [-0.1, -0.05) is 46.3 Å². The zero-order chi connectivity index (χ0) is 14.4. The third kappa shape index (κ3) is 4.40. The molecule has 0 saturated heterocycles. The van der Waals surface area contributed by atoms with Crippen molar-refractivity contribution in [3.8, 4) is 0 Å². The second-order valence-corrected chi connectivity index (χ2v) is 5.60. The molecule has 2 aromatic rings. The minimum Gasteiger partial charge on any atom is -0.395 e. The molecule has 0 fully saturated rings. The largest absolute Gasteiger partial charge is 0.395 e. The Bertz CT molecular complexity index is 547. The topological polar surface area (TPSA) is 32.3 Å². The average Bonchev–Trinajstić information content (AvgIpc) is 2.47. The lowest BCUT2D eigenvalue weighted by molar-refractivity contribution is 0.240. The highest BCUT2D eigenvalue weighted by molar-refractivity contribution is 9.10. The standard InChI is InChI=1S/C16H17BrFNO/c17-14-6-7-16(18)13(9-14)10-19-15(11-20)8-12-4-2-1-3-5-12/h1-7,9,15,19-20H,8,10-11H2. The number of rotatable bonds is 6. The summed E-state index contributed by atoms with van der Waals surface area (Å²) in [6.07, 6.45) is 0.715. The summed E-state index contributed by atoms with van der Waals surface area (Å²) in [5, 5.41) is 12.6. The van der Waals surface area contributed by atoms with Gasteiger partial charge in [0.15, 0.2) is 0 Å². The lowest BCUT2D eigenvalue weighted by Gasteiger charge is -2.17. The Morgan fingerprint density at radius 3 is 2.60 bits per heavy atom. The number of aliphatic hydroxyl groups is 1. The van der Waals surface area contributed by atoms with Crippen LogP contribution in [0.25, 0.3) is 0 Å². The molecule has 0 aliphatic rings. The Morgan fingerprint density at radius 2 is 1.90 bits per heavy atom. The van der Waals surface area contributed by atoms with Gasteiger partial charge < -0.3 is 10.4 Å². The first-order chi connectivity index (χ1) is 9.69. The summed E-state index contributed by atoms with van der Waals surface area (Å²) < 4.78 is 14.5. The summed E-state index contributed by atoms with van der Waals surface area (Å²) in [4.78, 5) is 0. The lowest BCUT2D eigenvalue weighted by atomic mass is 10.1. The molecule has 0 aromatic heterocycles. The molecule has 1 atom stereocenters. The number of benzene rings is 2. The van der Waals surface area contributed by atoms with Crippen LogP contribution in [0.2, 0.25) is 0 Å². The van der Waals surface area contributed by atoms with Gasteiger partial charge in [0.1, 0.15) is 5.82 Å². The molecule has 0 amide bonds. The van der Waals surface area contributed by atoms with Gasteiger partial charge >= 0.3 is 0 Å². The molecule has 0 spiro atoms. The van der Waals surface area contributed by atoms with Crippen molar-refractivity contribution >= 4 is 15.9 Å². The van der Waals surface area contributed by atoms with Gasteiger partial charge in [-0.05, 0) is 30.2 Å². The van der Waals surface area contributed by atoms with Crippen LogP contribution < -0.4 is 5.32 Å². The monoisotopic (exact) mass is 337 g/mol. The van der Waals surface area contributed by atoms with Crippen LogP contribution >= 0.6 is 15.9 Å². The maximum absolute atomic E-state index is 13.6. The van der Waals surface area contributed by atoms with Crippen molar-refractivity contribution in [1.82, 2.24) is 5.32 Å². The molecule has 0 heterocycles. The predicted octanol–water partition coefficient (Wildman–Crippen LogP) is 3.28. The number of hydrogen-bond acceptors (Lipinski definition) is 2. The van der Waals surface area contributed by atoms with E-state index in [0.717, 1.165) is 10.0 Å².